The van der Waals surface area contributed by atoms with Crippen LogP contribution in [0.5, 0.6) is 0 Å². The third-order valence-electron chi connectivity index (χ3n) is 3.51. The van der Waals surface area contributed by atoms with E-state index < -0.39 is 27.7 Å². The maximum absolute atomic E-state index is 12.8. The number of anilines is 1. The smallest absolute Gasteiger partial charge is 0.416 e. The number of aryl methyl sites for hydroxylation is 2. The lowest BCUT2D eigenvalue weighted by Crippen LogP contribution is -2.18. The second-order valence-corrected chi connectivity index (χ2v) is 7.10. The number of carbonyl (C=O) groups excluding carboxylic acids is 1. The highest BCUT2D eigenvalue weighted by Crippen LogP contribution is 2.32. The number of aromatic nitrogens is 1. The highest BCUT2D eigenvalue weighted by Gasteiger charge is 2.32. The van der Waals surface area contributed by atoms with Crippen molar-refractivity contribution in [3.05, 3.63) is 46.8 Å². The van der Waals surface area contributed by atoms with Crippen LogP contribution in [-0.4, -0.2) is 26.0 Å². The summed E-state index contributed by atoms with van der Waals surface area (Å²) in [7, 11) is -4.33. The predicted molar refractivity (Wildman–Crippen MR) is 88.5 cm³/mol. The summed E-state index contributed by atoms with van der Waals surface area (Å²) in [4.78, 5) is 14.5. The first-order valence-electron chi connectivity index (χ1n) is 7.53. The Bertz CT molecular complexity index is 933. The monoisotopic (exact) mass is 390 g/mol. The molecule has 1 aromatic heterocycles. The Morgan fingerprint density at radius 2 is 1.88 bits per heavy atom. The van der Waals surface area contributed by atoms with E-state index in [-0.39, 0.29) is 34.1 Å². The Kier molecular flexibility index (Phi) is 5.36. The summed E-state index contributed by atoms with van der Waals surface area (Å²) in [6, 6.07) is 3.78. The number of benzene rings is 1. The van der Waals surface area contributed by atoms with Gasteiger partial charge in [-0.2, -0.15) is 13.2 Å². The summed E-state index contributed by atoms with van der Waals surface area (Å²) in [6.07, 6.45) is -4.61. The summed E-state index contributed by atoms with van der Waals surface area (Å²) in [5.41, 5.74) is -0.989. The van der Waals surface area contributed by atoms with E-state index in [4.69, 9.17) is 4.74 Å². The summed E-state index contributed by atoms with van der Waals surface area (Å²) in [5.74, 6) is -0.834. The van der Waals surface area contributed by atoms with Crippen LogP contribution in [0, 0.1) is 13.8 Å². The lowest BCUT2D eigenvalue weighted by atomic mass is 10.2. The highest BCUT2D eigenvalue weighted by atomic mass is 32.2. The van der Waals surface area contributed by atoms with Gasteiger partial charge in [-0.1, -0.05) is 6.07 Å². The number of ether oxygens (including phenoxy) is 1. The molecule has 0 unspecified atom stereocenters. The van der Waals surface area contributed by atoms with Crippen LogP contribution in [0.1, 0.15) is 34.2 Å². The molecular formula is C16H17F3N2O4S. The quantitative estimate of drug-likeness (QED) is 0.763. The van der Waals surface area contributed by atoms with E-state index in [2.05, 4.69) is 9.71 Å². The molecule has 0 radical (unpaired) electrons. The number of sulfonamides is 1. The Hall–Kier alpha value is -2.49. The van der Waals surface area contributed by atoms with Gasteiger partial charge in [0.1, 0.15) is 10.5 Å². The number of esters is 1. The van der Waals surface area contributed by atoms with Gasteiger partial charge in [0, 0.05) is 17.1 Å². The minimum absolute atomic E-state index is 0.0447. The van der Waals surface area contributed by atoms with Crippen LogP contribution < -0.4 is 4.72 Å². The van der Waals surface area contributed by atoms with Crippen LogP contribution in [0.3, 0.4) is 0 Å². The zero-order valence-electron chi connectivity index (χ0n) is 14.2. The fraction of sp³-hybridized carbons (Fsp3) is 0.312. The third kappa shape index (κ3) is 4.01. The average Bonchev–Trinajstić information content (AvgIpc) is 2.81. The van der Waals surface area contributed by atoms with Crippen molar-refractivity contribution in [3.8, 4) is 0 Å². The zero-order chi connectivity index (χ0) is 19.7. The summed E-state index contributed by atoms with van der Waals surface area (Å²) in [5, 5.41) is 0. The van der Waals surface area contributed by atoms with Gasteiger partial charge in [-0.15, -0.1) is 0 Å². The Balaban J connectivity index is 2.48. The number of nitrogens with one attached hydrogen (secondary N) is 2. The lowest BCUT2D eigenvalue weighted by Gasteiger charge is -2.12. The van der Waals surface area contributed by atoms with E-state index in [1.807, 2.05) is 0 Å². The van der Waals surface area contributed by atoms with E-state index >= 15 is 0 Å². The lowest BCUT2D eigenvalue weighted by molar-refractivity contribution is -0.137. The van der Waals surface area contributed by atoms with E-state index in [9.17, 15) is 26.4 Å². The van der Waals surface area contributed by atoms with Crippen molar-refractivity contribution in [1.29, 1.82) is 0 Å². The number of carbonyl (C=O) groups is 1. The maximum Gasteiger partial charge on any atom is 0.416 e. The number of rotatable bonds is 5. The summed E-state index contributed by atoms with van der Waals surface area (Å²) in [6.45, 7) is 4.56. The van der Waals surface area contributed by atoms with Crippen molar-refractivity contribution in [3.63, 3.8) is 0 Å². The largest absolute Gasteiger partial charge is 0.462 e. The molecule has 6 nitrogen and oxygen atoms in total. The van der Waals surface area contributed by atoms with Crippen LogP contribution >= 0.6 is 0 Å². The maximum atomic E-state index is 12.8. The van der Waals surface area contributed by atoms with Gasteiger partial charge in [-0.05, 0) is 39.0 Å². The molecule has 0 saturated carbocycles. The molecule has 0 amide bonds. The van der Waals surface area contributed by atoms with Crippen LogP contribution in [0.15, 0.2) is 29.2 Å². The normalized spacial score (nSPS) is 12.1. The first kappa shape index (κ1) is 19.8. The molecule has 0 saturated heterocycles. The number of hydrogen-bond acceptors (Lipinski definition) is 4. The van der Waals surface area contributed by atoms with Crippen molar-refractivity contribution in [2.45, 2.75) is 31.8 Å². The van der Waals surface area contributed by atoms with Crippen molar-refractivity contribution in [2.75, 3.05) is 11.3 Å². The van der Waals surface area contributed by atoms with Crippen molar-refractivity contribution >= 4 is 21.7 Å². The highest BCUT2D eigenvalue weighted by molar-refractivity contribution is 7.92. The topological polar surface area (TPSA) is 88.3 Å². The second-order valence-electron chi connectivity index (χ2n) is 5.48. The number of H-pyrrole nitrogens is 1. The molecule has 2 N–H and O–H groups in total. The Labute approximate surface area is 148 Å². The molecule has 2 rings (SSSR count). The predicted octanol–water partition coefficient (Wildman–Crippen LogP) is 3.63. The second kappa shape index (κ2) is 7.02. The zero-order valence-corrected chi connectivity index (χ0v) is 15.0. The van der Waals surface area contributed by atoms with Gasteiger partial charge >= 0.3 is 12.1 Å². The molecule has 0 fully saturated rings. The van der Waals surface area contributed by atoms with Gasteiger partial charge in [0.25, 0.3) is 10.0 Å². The Morgan fingerprint density at radius 1 is 1.23 bits per heavy atom. The minimum atomic E-state index is -4.61. The van der Waals surface area contributed by atoms with Gasteiger partial charge in [-0.3, -0.25) is 4.72 Å². The molecule has 2 aromatic rings. The fourth-order valence-corrected chi connectivity index (χ4v) is 4.01. The number of aromatic amines is 1. The minimum Gasteiger partial charge on any atom is -0.462 e. The molecular weight excluding hydrogens is 373 g/mol. The first-order chi connectivity index (χ1) is 12.0. The average molecular weight is 390 g/mol. The van der Waals surface area contributed by atoms with Gasteiger partial charge in [0.15, 0.2) is 0 Å². The SMILES string of the molecule is CCOC(=O)c1c(C)[nH]c(C)c1S(=O)(=O)Nc1cccc(C(F)(F)F)c1. The molecule has 1 aromatic carbocycles. The van der Waals surface area contributed by atoms with E-state index in [0.717, 1.165) is 12.1 Å². The molecule has 10 heteroatoms. The first-order valence-corrected chi connectivity index (χ1v) is 9.02. The molecule has 0 spiro atoms. The van der Waals surface area contributed by atoms with Gasteiger partial charge < -0.3 is 9.72 Å². The van der Waals surface area contributed by atoms with E-state index in [1.165, 1.54) is 19.9 Å². The standard InChI is InChI=1S/C16H17F3N2O4S/c1-4-25-15(22)13-9(2)20-10(3)14(13)26(23,24)21-12-7-5-6-11(8-12)16(17,18)19/h5-8,20-21H,4H2,1-3H3. The molecule has 0 aliphatic heterocycles. The van der Waals surface area contributed by atoms with Crippen molar-refractivity contribution < 1.29 is 31.1 Å². The molecule has 0 bridgehead atoms. The van der Waals surface area contributed by atoms with E-state index in [1.54, 1.807) is 6.92 Å². The molecule has 0 atom stereocenters. The Morgan fingerprint density at radius 3 is 2.46 bits per heavy atom. The number of halogens is 3. The van der Waals surface area contributed by atoms with Crippen LogP contribution in [0.4, 0.5) is 18.9 Å². The summed E-state index contributed by atoms with van der Waals surface area (Å²) < 4.78 is 70.8. The van der Waals surface area contributed by atoms with Crippen LogP contribution in [0.25, 0.3) is 0 Å². The van der Waals surface area contributed by atoms with Crippen molar-refractivity contribution in [1.82, 2.24) is 4.98 Å². The van der Waals surface area contributed by atoms with Gasteiger partial charge in [-0.25, -0.2) is 13.2 Å². The number of hydrogen-bond donors (Lipinski definition) is 2. The van der Waals surface area contributed by atoms with Gasteiger partial charge in [0.2, 0.25) is 0 Å². The third-order valence-corrected chi connectivity index (χ3v) is 5.06. The van der Waals surface area contributed by atoms with Crippen LogP contribution in [-0.2, 0) is 20.9 Å². The molecule has 26 heavy (non-hydrogen) atoms. The van der Waals surface area contributed by atoms with Gasteiger partial charge in [0.05, 0.1) is 12.2 Å². The van der Waals surface area contributed by atoms with Crippen molar-refractivity contribution in [2.24, 2.45) is 0 Å². The molecule has 0 aliphatic carbocycles. The van der Waals surface area contributed by atoms with Crippen LogP contribution in [0.2, 0.25) is 0 Å². The molecule has 0 aliphatic rings. The number of alkyl halides is 3. The fourth-order valence-electron chi connectivity index (χ4n) is 2.51. The molecule has 142 valence electrons. The molecule has 1 heterocycles. The summed E-state index contributed by atoms with van der Waals surface area (Å²) >= 11 is 0. The van der Waals surface area contributed by atoms with E-state index in [0.29, 0.717) is 6.07 Å².